The number of nitrogen functional groups attached to an aromatic ring is 2. The van der Waals surface area contributed by atoms with Gasteiger partial charge in [-0.2, -0.15) is 4.98 Å². The Morgan fingerprint density at radius 2 is 2.00 bits per heavy atom. The second-order valence-corrected chi connectivity index (χ2v) is 2.16. The molecule has 1 aromatic rings. The van der Waals surface area contributed by atoms with Gasteiger partial charge >= 0.3 is 0 Å². The number of aromatic nitrogens is 2. The van der Waals surface area contributed by atoms with Crippen molar-refractivity contribution in [1.29, 1.82) is 0 Å². The van der Waals surface area contributed by atoms with Crippen LogP contribution >= 0.6 is 11.6 Å². The molecule has 1 aromatic heterocycles. The lowest BCUT2D eigenvalue weighted by Crippen LogP contribution is -2.04. The van der Waals surface area contributed by atoms with Gasteiger partial charge in [0.1, 0.15) is 0 Å². The summed E-state index contributed by atoms with van der Waals surface area (Å²) in [6.45, 7) is 0.174. The summed E-state index contributed by atoms with van der Waals surface area (Å²) in [6.07, 6.45) is 0. The number of anilines is 2. The van der Waals surface area contributed by atoms with Crippen molar-refractivity contribution in [2.24, 2.45) is 0 Å². The summed E-state index contributed by atoms with van der Waals surface area (Å²) >= 11 is 5.47. The minimum absolute atomic E-state index is 0.00702. The highest BCUT2D eigenvalue weighted by molar-refractivity contribution is 6.31. The molecule has 1 heterocycles. The fourth-order valence-electron chi connectivity index (χ4n) is 0.560. The second-order valence-electron chi connectivity index (χ2n) is 1.80. The molecule has 0 saturated heterocycles. The van der Waals surface area contributed by atoms with Crippen LogP contribution in [0.15, 0.2) is 0 Å². The van der Waals surface area contributed by atoms with Crippen molar-refractivity contribution in [3.63, 3.8) is 0 Å². The van der Waals surface area contributed by atoms with E-state index in [-0.39, 0.29) is 29.1 Å². The summed E-state index contributed by atoms with van der Waals surface area (Å²) in [6, 6.07) is 0. The van der Waals surface area contributed by atoms with Gasteiger partial charge in [-0.1, -0.05) is 11.6 Å². The van der Waals surface area contributed by atoms with E-state index >= 15 is 0 Å². The van der Waals surface area contributed by atoms with Gasteiger partial charge in [0.25, 0.3) is 12.4 Å². The maximum absolute atomic E-state index is 9.90. The largest absolute Gasteiger partial charge is 0.406 e. The van der Waals surface area contributed by atoms with Crippen LogP contribution in [-0.2, 0) is 4.79 Å². The number of ether oxygens (including phenoxy) is 1. The molecular weight excluding hydrogens is 184 g/mol. The van der Waals surface area contributed by atoms with Gasteiger partial charge in [0, 0.05) is 0 Å². The smallest absolute Gasteiger partial charge is 0.299 e. The molecule has 0 aliphatic carbocycles. The number of carbonyl (C=O) groups is 1. The van der Waals surface area contributed by atoms with Crippen molar-refractivity contribution in [3.05, 3.63) is 5.15 Å². The monoisotopic (exact) mass is 188 g/mol. The lowest BCUT2D eigenvalue weighted by molar-refractivity contribution is -0.120. The first-order valence-corrected chi connectivity index (χ1v) is 3.21. The summed E-state index contributed by atoms with van der Waals surface area (Å²) in [5, 5.41) is -0.0546. The molecule has 0 spiro atoms. The zero-order chi connectivity index (χ0) is 9.14. The quantitative estimate of drug-likeness (QED) is 0.625. The predicted octanol–water partition coefficient (Wildman–Crippen LogP) is -0.170. The molecule has 7 heteroatoms. The first-order valence-electron chi connectivity index (χ1n) is 2.84. The number of nitrogens with two attached hydrogens (primary N) is 2. The van der Waals surface area contributed by atoms with Crippen LogP contribution in [-0.4, -0.2) is 16.4 Å². The summed E-state index contributed by atoms with van der Waals surface area (Å²) in [5.41, 5.74) is 10.5. The van der Waals surface area contributed by atoms with E-state index in [2.05, 4.69) is 14.7 Å². The number of hydrogen-bond donors (Lipinski definition) is 2. The van der Waals surface area contributed by atoms with Gasteiger partial charge in [-0.25, -0.2) is 4.98 Å². The van der Waals surface area contributed by atoms with Gasteiger partial charge in [-0.15, -0.1) is 0 Å². The second kappa shape index (κ2) is 3.22. The van der Waals surface area contributed by atoms with Gasteiger partial charge in [0.2, 0.25) is 0 Å². The topological polar surface area (TPSA) is 104 Å². The minimum Gasteiger partial charge on any atom is -0.406 e. The molecule has 0 atom stereocenters. The molecule has 0 aliphatic rings. The average Bonchev–Trinajstić information content (AvgIpc) is 2.01. The van der Waals surface area contributed by atoms with Crippen LogP contribution < -0.4 is 16.2 Å². The van der Waals surface area contributed by atoms with Gasteiger partial charge in [0.15, 0.2) is 16.8 Å². The van der Waals surface area contributed by atoms with Crippen LogP contribution in [0.4, 0.5) is 11.6 Å². The van der Waals surface area contributed by atoms with E-state index in [4.69, 9.17) is 23.1 Å². The lowest BCUT2D eigenvalue weighted by Gasteiger charge is -2.02. The zero-order valence-electron chi connectivity index (χ0n) is 5.82. The Bertz CT molecular complexity index is 317. The SMILES string of the molecule is Nc1nc(N)c(OC=O)nc1Cl. The van der Waals surface area contributed by atoms with Crippen molar-refractivity contribution >= 4 is 29.7 Å². The number of carbonyl (C=O) groups excluding carboxylic acids is 1. The molecule has 12 heavy (non-hydrogen) atoms. The molecule has 0 unspecified atom stereocenters. The van der Waals surface area contributed by atoms with E-state index in [0.29, 0.717) is 0 Å². The Kier molecular flexibility index (Phi) is 2.29. The molecule has 6 nitrogen and oxygen atoms in total. The molecule has 0 saturated carbocycles. The third kappa shape index (κ3) is 1.54. The number of halogens is 1. The van der Waals surface area contributed by atoms with E-state index < -0.39 is 0 Å². The molecule has 0 aliphatic heterocycles. The summed E-state index contributed by atoms with van der Waals surface area (Å²) in [7, 11) is 0. The van der Waals surface area contributed by atoms with Gasteiger partial charge in [0.05, 0.1) is 0 Å². The van der Waals surface area contributed by atoms with Gasteiger partial charge in [-0.05, 0) is 0 Å². The normalized spacial score (nSPS) is 9.42. The van der Waals surface area contributed by atoms with Crippen LogP contribution in [0.3, 0.4) is 0 Å². The molecule has 0 bridgehead atoms. The van der Waals surface area contributed by atoms with Crippen LogP contribution in [0.1, 0.15) is 0 Å². The van der Waals surface area contributed by atoms with Gasteiger partial charge in [-0.3, -0.25) is 4.79 Å². The maximum Gasteiger partial charge on any atom is 0.299 e. The van der Waals surface area contributed by atoms with E-state index in [1.807, 2.05) is 0 Å². The van der Waals surface area contributed by atoms with Crippen LogP contribution in [0.2, 0.25) is 5.15 Å². The molecule has 4 N–H and O–H groups in total. The number of rotatable bonds is 2. The third-order valence-corrected chi connectivity index (χ3v) is 1.31. The minimum atomic E-state index is -0.149. The molecule has 0 fully saturated rings. The van der Waals surface area contributed by atoms with E-state index in [9.17, 15) is 4.79 Å². The van der Waals surface area contributed by atoms with Crippen LogP contribution in [0.5, 0.6) is 5.88 Å². The molecular formula is C5H5ClN4O2. The van der Waals surface area contributed by atoms with Crippen molar-refractivity contribution in [1.82, 2.24) is 9.97 Å². The standard InChI is InChI=1S/C5H5ClN4O2/c6-2-3(7)10-4(8)5(9-2)12-1-11/h1H,(H4,7,8,10). The summed E-state index contributed by atoms with van der Waals surface area (Å²) in [4.78, 5) is 17.0. The Morgan fingerprint density at radius 1 is 1.33 bits per heavy atom. The van der Waals surface area contributed by atoms with Crippen molar-refractivity contribution in [2.75, 3.05) is 11.5 Å². The van der Waals surface area contributed by atoms with Crippen molar-refractivity contribution in [3.8, 4) is 5.88 Å². The Balaban J connectivity index is 3.13. The third-order valence-electron chi connectivity index (χ3n) is 1.03. The first-order chi connectivity index (χ1) is 5.65. The molecule has 64 valence electrons. The molecule has 0 radical (unpaired) electrons. The molecule has 0 amide bonds. The fraction of sp³-hybridized carbons (Fsp3) is 0. The number of nitrogens with zero attached hydrogens (tertiary/aromatic N) is 2. The highest BCUT2D eigenvalue weighted by atomic mass is 35.5. The fourth-order valence-corrected chi connectivity index (χ4v) is 0.679. The Hall–Kier alpha value is -1.56. The zero-order valence-corrected chi connectivity index (χ0v) is 6.58. The highest BCUT2D eigenvalue weighted by Gasteiger charge is 2.08. The van der Waals surface area contributed by atoms with E-state index in [1.54, 1.807) is 0 Å². The summed E-state index contributed by atoms with van der Waals surface area (Å²) in [5.74, 6) is -0.236. The van der Waals surface area contributed by atoms with Gasteiger partial charge < -0.3 is 16.2 Å². The molecule has 0 aromatic carbocycles. The first kappa shape index (κ1) is 8.54. The Labute approximate surface area is 72.5 Å². The predicted molar refractivity (Wildman–Crippen MR) is 42.6 cm³/mol. The number of hydrogen-bond acceptors (Lipinski definition) is 6. The lowest BCUT2D eigenvalue weighted by atomic mass is 10.6. The van der Waals surface area contributed by atoms with Crippen LogP contribution in [0, 0.1) is 0 Å². The van der Waals surface area contributed by atoms with E-state index in [1.165, 1.54) is 0 Å². The van der Waals surface area contributed by atoms with Crippen molar-refractivity contribution < 1.29 is 9.53 Å². The molecule has 1 rings (SSSR count). The summed E-state index contributed by atoms with van der Waals surface area (Å²) < 4.78 is 4.35. The Morgan fingerprint density at radius 3 is 2.58 bits per heavy atom. The van der Waals surface area contributed by atoms with Crippen LogP contribution in [0.25, 0.3) is 0 Å². The average molecular weight is 189 g/mol. The highest BCUT2D eigenvalue weighted by Crippen LogP contribution is 2.22. The van der Waals surface area contributed by atoms with Crippen molar-refractivity contribution in [2.45, 2.75) is 0 Å². The van der Waals surface area contributed by atoms with E-state index in [0.717, 1.165) is 0 Å². The maximum atomic E-state index is 9.90.